The second-order valence-corrected chi connectivity index (χ2v) is 4.38. The van der Waals surface area contributed by atoms with E-state index in [1.54, 1.807) is 6.92 Å². The molecular formula is C10H13BrF3N3O2. The summed E-state index contributed by atoms with van der Waals surface area (Å²) in [5.41, 5.74) is 0.119. The van der Waals surface area contributed by atoms with E-state index in [1.807, 2.05) is 0 Å². The monoisotopic (exact) mass is 343 g/mol. The number of hydrogen-bond donors (Lipinski definition) is 1. The summed E-state index contributed by atoms with van der Waals surface area (Å²) < 4.78 is 41.4. The summed E-state index contributed by atoms with van der Waals surface area (Å²) in [5, 5.41) is 6.66. The normalized spacial score (nSPS) is 11.6. The van der Waals surface area contributed by atoms with Gasteiger partial charge in [-0.05, 0) is 22.9 Å². The van der Waals surface area contributed by atoms with Gasteiger partial charge in [0.2, 0.25) is 0 Å². The lowest BCUT2D eigenvalue weighted by atomic mass is 10.4. The molecule has 1 aromatic rings. The van der Waals surface area contributed by atoms with Crippen molar-refractivity contribution in [3.05, 3.63) is 21.0 Å². The predicted molar refractivity (Wildman–Crippen MR) is 67.2 cm³/mol. The maximum absolute atomic E-state index is 11.8. The van der Waals surface area contributed by atoms with Crippen LogP contribution in [-0.4, -0.2) is 35.7 Å². The lowest BCUT2D eigenvalue weighted by Crippen LogP contribution is -2.24. The van der Waals surface area contributed by atoms with Gasteiger partial charge in [-0.1, -0.05) is 0 Å². The molecule has 5 nitrogen and oxygen atoms in total. The fourth-order valence-corrected chi connectivity index (χ4v) is 1.71. The van der Waals surface area contributed by atoms with Gasteiger partial charge >= 0.3 is 6.18 Å². The molecule has 9 heteroatoms. The summed E-state index contributed by atoms with van der Waals surface area (Å²) in [4.78, 5) is 11.7. The van der Waals surface area contributed by atoms with Crippen LogP contribution in [0.15, 0.2) is 15.5 Å². The van der Waals surface area contributed by atoms with Crippen LogP contribution in [0.3, 0.4) is 0 Å². The first-order valence-corrected chi connectivity index (χ1v) is 6.28. The van der Waals surface area contributed by atoms with Gasteiger partial charge in [0.15, 0.2) is 0 Å². The van der Waals surface area contributed by atoms with Crippen molar-refractivity contribution < 1.29 is 17.9 Å². The van der Waals surface area contributed by atoms with Crippen molar-refractivity contribution >= 4 is 21.6 Å². The molecular weight excluding hydrogens is 331 g/mol. The van der Waals surface area contributed by atoms with Crippen LogP contribution in [-0.2, 0) is 11.3 Å². The van der Waals surface area contributed by atoms with Crippen LogP contribution in [0.1, 0.15) is 6.92 Å². The molecule has 0 unspecified atom stereocenters. The molecule has 108 valence electrons. The third-order valence-electron chi connectivity index (χ3n) is 2.11. The Morgan fingerprint density at radius 3 is 2.79 bits per heavy atom. The van der Waals surface area contributed by atoms with Crippen LogP contribution < -0.4 is 10.9 Å². The van der Waals surface area contributed by atoms with Gasteiger partial charge < -0.3 is 10.1 Å². The lowest BCUT2D eigenvalue weighted by molar-refractivity contribution is -0.172. The van der Waals surface area contributed by atoms with E-state index in [1.165, 1.54) is 10.9 Å². The average molecular weight is 344 g/mol. The Bertz CT molecular complexity index is 476. The van der Waals surface area contributed by atoms with Gasteiger partial charge in [-0.15, -0.1) is 0 Å². The summed E-state index contributed by atoms with van der Waals surface area (Å²) in [6.45, 7) is 0.950. The molecule has 0 spiro atoms. The molecule has 19 heavy (non-hydrogen) atoms. The fraction of sp³-hybridized carbons (Fsp3) is 0.600. The lowest BCUT2D eigenvalue weighted by Gasteiger charge is -2.10. The summed E-state index contributed by atoms with van der Waals surface area (Å²) in [5.74, 6) is 0. The van der Waals surface area contributed by atoms with Crippen molar-refractivity contribution in [1.82, 2.24) is 9.78 Å². The zero-order valence-corrected chi connectivity index (χ0v) is 11.7. The number of nitrogens with one attached hydrogen (secondary N) is 1. The van der Waals surface area contributed by atoms with Gasteiger partial charge in [0.25, 0.3) is 5.56 Å². The van der Waals surface area contributed by atoms with E-state index < -0.39 is 12.8 Å². The highest BCUT2D eigenvalue weighted by molar-refractivity contribution is 9.10. The molecule has 0 bridgehead atoms. The van der Waals surface area contributed by atoms with Crippen molar-refractivity contribution in [1.29, 1.82) is 0 Å². The predicted octanol–water partition coefficient (Wildman–Crippen LogP) is 2.02. The maximum atomic E-state index is 11.8. The Hall–Kier alpha value is -1.09. The zero-order valence-electron chi connectivity index (χ0n) is 10.1. The van der Waals surface area contributed by atoms with E-state index in [0.29, 0.717) is 16.7 Å². The standard InChI is InChI=1S/C10H13BrF3N3O2/c1-2-17-9(18)8(11)7(5-16-17)15-3-4-19-6-10(12,13)14/h5,15H,2-4,6H2,1H3. The van der Waals surface area contributed by atoms with E-state index in [9.17, 15) is 18.0 Å². The number of rotatable bonds is 6. The third-order valence-corrected chi connectivity index (χ3v) is 2.88. The highest BCUT2D eigenvalue weighted by atomic mass is 79.9. The Morgan fingerprint density at radius 1 is 1.53 bits per heavy atom. The van der Waals surface area contributed by atoms with Crippen LogP contribution in [0.25, 0.3) is 0 Å². The quantitative estimate of drug-likeness (QED) is 0.803. The first-order valence-electron chi connectivity index (χ1n) is 5.49. The third kappa shape index (κ3) is 5.19. The molecule has 1 rings (SSSR count). The Balaban J connectivity index is 2.47. The molecule has 0 saturated heterocycles. The van der Waals surface area contributed by atoms with Gasteiger partial charge in [0.1, 0.15) is 11.1 Å². The molecule has 0 aliphatic carbocycles. The number of alkyl halides is 3. The van der Waals surface area contributed by atoms with Gasteiger partial charge in [-0.25, -0.2) is 4.68 Å². The van der Waals surface area contributed by atoms with E-state index >= 15 is 0 Å². The topological polar surface area (TPSA) is 56.1 Å². The molecule has 1 heterocycles. The molecule has 0 amide bonds. The van der Waals surface area contributed by atoms with E-state index in [-0.39, 0.29) is 18.7 Å². The van der Waals surface area contributed by atoms with Crippen molar-refractivity contribution in [2.75, 3.05) is 25.1 Å². The van der Waals surface area contributed by atoms with Crippen LogP contribution in [0, 0.1) is 0 Å². The zero-order chi connectivity index (χ0) is 14.5. The minimum absolute atomic E-state index is 0.122. The first kappa shape index (κ1) is 16.0. The van der Waals surface area contributed by atoms with Crippen LogP contribution in [0.4, 0.5) is 18.9 Å². The number of aromatic nitrogens is 2. The Morgan fingerprint density at radius 2 is 2.21 bits per heavy atom. The first-order chi connectivity index (χ1) is 8.85. The van der Waals surface area contributed by atoms with Crippen LogP contribution in [0.5, 0.6) is 0 Å². The van der Waals surface area contributed by atoms with Crippen molar-refractivity contribution in [2.45, 2.75) is 19.6 Å². The number of hydrogen-bond acceptors (Lipinski definition) is 4. The van der Waals surface area contributed by atoms with Gasteiger partial charge in [-0.2, -0.15) is 18.3 Å². The molecule has 1 N–H and O–H groups in total. The minimum Gasteiger partial charge on any atom is -0.380 e. The highest BCUT2D eigenvalue weighted by Gasteiger charge is 2.27. The van der Waals surface area contributed by atoms with E-state index in [0.717, 1.165) is 0 Å². The van der Waals surface area contributed by atoms with Gasteiger partial charge in [0.05, 0.1) is 18.5 Å². The largest absolute Gasteiger partial charge is 0.411 e. The molecule has 0 fully saturated rings. The molecule has 0 aliphatic rings. The minimum atomic E-state index is -4.33. The molecule has 0 atom stereocenters. The summed E-state index contributed by atoms with van der Waals surface area (Å²) in [6, 6.07) is 0. The number of anilines is 1. The number of aryl methyl sites for hydroxylation is 1. The Kier molecular flexibility index (Phi) is 5.80. The van der Waals surface area contributed by atoms with Gasteiger partial charge in [0, 0.05) is 13.1 Å². The second kappa shape index (κ2) is 6.90. The number of ether oxygens (including phenoxy) is 1. The summed E-state index contributed by atoms with van der Waals surface area (Å²) in [6.07, 6.45) is -2.90. The molecule has 1 aromatic heterocycles. The molecule has 0 radical (unpaired) electrons. The molecule has 0 aliphatic heterocycles. The average Bonchev–Trinajstić information content (AvgIpc) is 2.33. The molecule has 0 aromatic carbocycles. The van der Waals surface area contributed by atoms with E-state index in [4.69, 9.17) is 0 Å². The SMILES string of the molecule is CCn1ncc(NCCOCC(F)(F)F)c(Br)c1=O. The van der Waals surface area contributed by atoms with Crippen molar-refractivity contribution in [3.63, 3.8) is 0 Å². The van der Waals surface area contributed by atoms with Crippen molar-refractivity contribution in [3.8, 4) is 0 Å². The number of nitrogens with zero attached hydrogens (tertiary/aromatic N) is 2. The molecule has 0 saturated carbocycles. The van der Waals surface area contributed by atoms with E-state index in [2.05, 4.69) is 31.1 Å². The van der Waals surface area contributed by atoms with Gasteiger partial charge in [-0.3, -0.25) is 4.79 Å². The van der Waals surface area contributed by atoms with Crippen LogP contribution in [0.2, 0.25) is 0 Å². The second-order valence-electron chi connectivity index (χ2n) is 3.59. The summed E-state index contributed by atoms with van der Waals surface area (Å²) in [7, 11) is 0. The smallest absolute Gasteiger partial charge is 0.380 e. The maximum Gasteiger partial charge on any atom is 0.411 e. The Labute approximate surface area is 115 Å². The van der Waals surface area contributed by atoms with Crippen molar-refractivity contribution in [2.24, 2.45) is 0 Å². The highest BCUT2D eigenvalue weighted by Crippen LogP contribution is 2.16. The number of halogens is 4. The van der Waals surface area contributed by atoms with Crippen LogP contribution >= 0.6 is 15.9 Å². The summed E-state index contributed by atoms with van der Waals surface area (Å²) >= 11 is 3.12. The fourth-order valence-electron chi connectivity index (χ4n) is 1.26.